The molecule has 4 nitrogen and oxygen atoms in total. The van der Waals surface area contributed by atoms with Crippen molar-refractivity contribution in [3.05, 3.63) is 0 Å². The SMILES string of the molecule is COP(=O)(/N=C(\S)N(C)C)SC. The summed E-state index contributed by atoms with van der Waals surface area (Å²) in [6.45, 7) is -2.90. The Labute approximate surface area is 82.4 Å². The van der Waals surface area contributed by atoms with E-state index in [1.54, 1.807) is 25.3 Å². The minimum absolute atomic E-state index is 0.398. The predicted molar refractivity (Wildman–Crippen MR) is 58.2 cm³/mol. The topological polar surface area (TPSA) is 41.9 Å². The molecule has 0 saturated heterocycles. The average Bonchev–Trinajstić information content (AvgIpc) is 2.04. The van der Waals surface area contributed by atoms with Gasteiger partial charge in [-0.25, -0.2) is 0 Å². The molecule has 0 aliphatic rings. The Morgan fingerprint density at radius 2 is 2.17 bits per heavy atom. The van der Waals surface area contributed by atoms with Crippen molar-refractivity contribution in [1.29, 1.82) is 0 Å². The molecule has 0 saturated carbocycles. The van der Waals surface area contributed by atoms with Crippen molar-refractivity contribution < 1.29 is 9.09 Å². The lowest BCUT2D eigenvalue weighted by atomic mass is 10.9. The highest BCUT2D eigenvalue weighted by Gasteiger charge is 2.19. The van der Waals surface area contributed by atoms with E-state index in [9.17, 15) is 4.57 Å². The first kappa shape index (κ1) is 12.4. The summed E-state index contributed by atoms with van der Waals surface area (Å²) >= 11 is 5.12. The molecule has 0 radical (unpaired) electrons. The average molecular weight is 228 g/mol. The van der Waals surface area contributed by atoms with E-state index in [0.29, 0.717) is 5.17 Å². The summed E-state index contributed by atoms with van der Waals surface area (Å²) in [6, 6.07) is 0. The number of amidine groups is 1. The molecule has 1 unspecified atom stereocenters. The van der Waals surface area contributed by atoms with Crippen LogP contribution in [0.2, 0.25) is 0 Å². The zero-order chi connectivity index (χ0) is 9.78. The highest BCUT2D eigenvalue weighted by atomic mass is 32.7. The molecule has 0 aromatic heterocycles. The van der Waals surface area contributed by atoms with Crippen LogP contribution in [0.3, 0.4) is 0 Å². The first-order valence-electron chi connectivity index (χ1n) is 3.13. The summed E-state index contributed by atoms with van der Waals surface area (Å²) in [4.78, 5) is 1.66. The molecule has 0 aromatic rings. The van der Waals surface area contributed by atoms with Crippen LogP contribution in [0.1, 0.15) is 0 Å². The first-order chi connectivity index (χ1) is 5.45. The van der Waals surface area contributed by atoms with E-state index < -0.39 is 6.72 Å². The van der Waals surface area contributed by atoms with Gasteiger partial charge in [0.05, 0.1) is 0 Å². The lowest BCUT2D eigenvalue weighted by Crippen LogP contribution is -2.15. The van der Waals surface area contributed by atoms with Gasteiger partial charge >= 0.3 is 6.72 Å². The van der Waals surface area contributed by atoms with Gasteiger partial charge in [0.1, 0.15) is 0 Å². The second-order valence-electron chi connectivity index (χ2n) is 2.13. The molecule has 0 bridgehead atoms. The minimum atomic E-state index is -2.90. The van der Waals surface area contributed by atoms with E-state index in [4.69, 9.17) is 4.52 Å². The summed E-state index contributed by atoms with van der Waals surface area (Å²) in [5.41, 5.74) is 0. The molecule has 0 aromatic carbocycles. The van der Waals surface area contributed by atoms with Crippen LogP contribution in [0, 0.1) is 0 Å². The molecule has 0 N–H and O–H groups in total. The van der Waals surface area contributed by atoms with Gasteiger partial charge in [0.15, 0.2) is 5.17 Å². The number of nitrogens with zero attached hydrogens (tertiary/aromatic N) is 2. The predicted octanol–water partition coefficient (Wildman–Crippen LogP) is 1.95. The van der Waals surface area contributed by atoms with Crippen LogP contribution in [0.4, 0.5) is 0 Å². The third-order valence-electron chi connectivity index (χ3n) is 1.07. The molecular formula is C5H13N2O2PS2. The van der Waals surface area contributed by atoms with Gasteiger partial charge in [-0.3, -0.25) is 4.57 Å². The van der Waals surface area contributed by atoms with Gasteiger partial charge in [-0.15, -0.1) is 12.6 Å². The second-order valence-corrected chi connectivity index (χ2v) is 6.88. The van der Waals surface area contributed by atoms with Gasteiger partial charge < -0.3 is 9.42 Å². The zero-order valence-corrected chi connectivity index (χ0v) is 10.1. The molecule has 12 heavy (non-hydrogen) atoms. The Morgan fingerprint density at radius 1 is 1.67 bits per heavy atom. The van der Waals surface area contributed by atoms with E-state index in [-0.39, 0.29) is 0 Å². The van der Waals surface area contributed by atoms with Gasteiger partial charge in [0, 0.05) is 21.2 Å². The molecule has 1 atom stereocenters. The maximum Gasteiger partial charge on any atom is 0.373 e. The second kappa shape index (κ2) is 5.17. The van der Waals surface area contributed by atoms with Crippen molar-refractivity contribution in [2.75, 3.05) is 27.5 Å². The molecule has 0 rings (SSSR count). The van der Waals surface area contributed by atoms with Gasteiger partial charge in [-0.1, -0.05) is 0 Å². The van der Waals surface area contributed by atoms with Gasteiger partial charge in [-0.2, -0.15) is 4.76 Å². The summed E-state index contributed by atoms with van der Waals surface area (Å²) in [6.07, 6.45) is 1.69. The molecule has 0 fully saturated rings. The third-order valence-corrected chi connectivity index (χ3v) is 5.16. The van der Waals surface area contributed by atoms with Crippen LogP contribution in [-0.2, 0) is 9.09 Å². The normalized spacial score (nSPS) is 17.2. The largest absolute Gasteiger partial charge is 0.373 e. The number of hydrogen-bond acceptors (Lipinski definition) is 3. The summed E-state index contributed by atoms with van der Waals surface area (Å²) in [7, 11) is 4.91. The van der Waals surface area contributed by atoms with E-state index in [1.807, 2.05) is 0 Å². The number of hydrogen-bond donors (Lipinski definition) is 1. The summed E-state index contributed by atoms with van der Waals surface area (Å²) in [5, 5.41) is 0.398. The molecule has 0 amide bonds. The van der Waals surface area contributed by atoms with Crippen molar-refractivity contribution in [2.45, 2.75) is 0 Å². The molecule has 72 valence electrons. The fourth-order valence-corrected chi connectivity index (χ4v) is 2.52. The highest BCUT2D eigenvalue weighted by molar-refractivity contribution is 8.56. The fraction of sp³-hybridized carbons (Fsp3) is 0.800. The summed E-state index contributed by atoms with van der Waals surface area (Å²) in [5.74, 6) is 0. The minimum Gasteiger partial charge on any atom is -0.357 e. The van der Waals surface area contributed by atoms with Crippen molar-refractivity contribution in [3.8, 4) is 0 Å². The van der Waals surface area contributed by atoms with Crippen molar-refractivity contribution >= 4 is 35.9 Å². The lowest BCUT2D eigenvalue weighted by Gasteiger charge is -2.13. The van der Waals surface area contributed by atoms with Crippen molar-refractivity contribution in [2.24, 2.45) is 4.76 Å². The molecule has 7 heteroatoms. The van der Waals surface area contributed by atoms with Crippen LogP contribution < -0.4 is 0 Å². The van der Waals surface area contributed by atoms with Crippen molar-refractivity contribution in [3.63, 3.8) is 0 Å². The number of rotatable bonds is 3. The van der Waals surface area contributed by atoms with E-state index in [1.165, 1.54) is 7.11 Å². The standard InChI is InChI=1S/C5H13N2O2PS2/c1-7(2)5(11)6-10(8,9-3)12-4/h1-4H3,(H,6,8,11). The Kier molecular flexibility index (Phi) is 5.32. The third kappa shape index (κ3) is 3.85. The summed E-state index contributed by atoms with van der Waals surface area (Å²) < 4.78 is 20.2. The van der Waals surface area contributed by atoms with Gasteiger partial charge in [-0.05, 0) is 17.6 Å². The van der Waals surface area contributed by atoms with E-state index in [2.05, 4.69) is 17.4 Å². The van der Waals surface area contributed by atoms with Gasteiger partial charge in [0.25, 0.3) is 0 Å². The number of thiol groups is 1. The maximum absolute atomic E-state index is 11.5. The Balaban J connectivity index is 4.58. The van der Waals surface area contributed by atoms with Crippen LogP contribution in [0.15, 0.2) is 4.76 Å². The molecule has 0 aliphatic heterocycles. The monoisotopic (exact) mass is 228 g/mol. The molecule has 0 heterocycles. The fourth-order valence-electron chi connectivity index (χ4n) is 0.355. The van der Waals surface area contributed by atoms with Gasteiger partial charge in [0.2, 0.25) is 0 Å². The Morgan fingerprint density at radius 3 is 2.42 bits per heavy atom. The van der Waals surface area contributed by atoms with Crippen LogP contribution in [0.5, 0.6) is 0 Å². The lowest BCUT2D eigenvalue weighted by molar-refractivity contribution is 0.410. The smallest absolute Gasteiger partial charge is 0.357 e. The Bertz CT molecular complexity index is 211. The molecule has 0 aliphatic carbocycles. The van der Waals surface area contributed by atoms with Crippen LogP contribution >= 0.6 is 30.7 Å². The van der Waals surface area contributed by atoms with Crippen LogP contribution in [0.25, 0.3) is 0 Å². The van der Waals surface area contributed by atoms with E-state index in [0.717, 1.165) is 11.4 Å². The van der Waals surface area contributed by atoms with E-state index >= 15 is 0 Å². The highest BCUT2D eigenvalue weighted by Crippen LogP contribution is 2.59. The zero-order valence-electron chi connectivity index (χ0n) is 7.51. The Hall–Kier alpha value is 0.360. The quantitative estimate of drug-likeness (QED) is 0.347. The van der Waals surface area contributed by atoms with Crippen LogP contribution in [-0.4, -0.2) is 37.5 Å². The maximum atomic E-state index is 11.5. The molecular weight excluding hydrogens is 215 g/mol. The first-order valence-corrected chi connectivity index (χ1v) is 6.98. The van der Waals surface area contributed by atoms with Crippen molar-refractivity contribution in [1.82, 2.24) is 4.90 Å². The molecule has 0 spiro atoms.